The first kappa shape index (κ1) is 21.2. The highest BCUT2D eigenvalue weighted by Crippen LogP contribution is 2.25. The summed E-state index contributed by atoms with van der Waals surface area (Å²) >= 11 is 1.82. The maximum Gasteiger partial charge on any atom is 0.191 e. The lowest BCUT2D eigenvalue weighted by molar-refractivity contribution is 0.0177. The molecule has 0 saturated carbocycles. The molecule has 6 nitrogen and oxygen atoms in total. The van der Waals surface area contributed by atoms with Crippen LogP contribution >= 0.6 is 11.3 Å². The first-order valence-electron chi connectivity index (χ1n) is 9.36. The molecule has 0 aromatic carbocycles. The summed E-state index contributed by atoms with van der Waals surface area (Å²) in [5.41, 5.74) is 0.179. The minimum atomic E-state index is 0.179. The number of aliphatic imine (C=N–C) groups is 1. The van der Waals surface area contributed by atoms with Crippen LogP contribution < -0.4 is 10.6 Å². The molecule has 1 aromatic rings. The van der Waals surface area contributed by atoms with Crippen molar-refractivity contribution in [3.8, 4) is 0 Å². The zero-order chi connectivity index (χ0) is 19.0. The highest BCUT2D eigenvalue weighted by molar-refractivity contribution is 7.10. The van der Waals surface area contributed by atoms with Gasteiger partial charge in [-0.1, -0.05) is 19.9 Å². The van der Waals surface area contributed by atoms with E-state index in [4.69, 9.17) is 4.74 Å². The zero-order valence-electron chi connectivity index (χ0n) is 16.9. The Bertz CT molecular complexity index is 538. The largest absolute Gasteiger partial charge is 0.379 e. The lowest BCUT2D eigenvalue weighted by atomic mass is 9.93. The van der Waals surface area contributed by atoms with E-state index in [0.717, 1.165) is 51.9 Å². The maximum absolute atomic E-state index is 5.52. The zero-order valence-corrected chi connectivity index (χ0v) is 17.7. The molecule has 1 aromatic heterocycles. The summed E-state index contributed by atoms with van der Waals surface area (Å²) < 4.78 is 5.52. The molecular formula is C19H35N5OS. The fourth-order valence-corrected chi connectivity index (χ4v) is 4.29. The number of nitrogens with zero attached hydrogens (tertiary/aromatic N) is 3. The number of guanidine groups is 1. The summed E-state index contributed by atoms with van der Waals surface area (Å²) in [5.74, 6) is 0.867. The van der Waals surface area contributed by atoms with E-state index in [1.165, 1.54) is 4.88 Å². The van der Waals surface area contributed by atoms with Gasteiger partial charge in [-0.25, -0.2) is 0 Å². The van der Waals surface area contributed by atoms with Crippen LogP contribution in [0, 0.1) is 5.41 Å². The molecule has 1 fully saturated rings. The predicted octanol–water partition coefficient (Wildman–Crippen LogP) is 1.87. The number of hydrogen-bond donors (Lipinski definition) is 2. The molecule has 1 unspecified atom stereocenters. The number of thiophene rings is 1. The Morgan fingerprint density at radius 3 is 2.65 bits per heavy atom. The molecule has 1 aliphatic rings. The van der Waals surface area contributed by atoms with E-state index in [-0.39, 0.29) is 5.41 Å². The van der Waals surface area contributed by atoms with Crippen LogP contribution in [0.25, 0.3) is 0 Å². The standard InChI is InChI=1S/C19H35N5OS/c1-19(2,15-23(4)5)14-22-18(20-3)21-13-16(17-7-6-12-26-17)24-8-10-25-11-9-24/h6-7,12,16H,8-11,13-15H2,1-5H3,(H2,20,21,22). The lowest BCUT2D eigenvalue weighted by Gasteiger charge is -2.34. The Hall–Kier alpha value is -1.15. The van der Waals surface area contributed by atoms with Crippen molar-refractivity contribution in [2.75, 3.05) is 67.1 Å². The molecule has 0 radical (unpaired) electrons. The molecule has 0 aliphatic carbocycles. The molecule has 2 heterocycles. The summed E-state index contributed by atoms with van der Waals surface area (Å²) in [6, 6.07) is 4.71. The van der Waals surface area contributed by atoms with Gasteiger partial charge in [-0.05, 0) is 31.0 Å². The first-order chi connectivity index (χ1) is 12.4. The molecule has 0 amide bonds. The van der Waals surface area contributed by atoms with Gasteiger partial charge in [0, 0.05) is 44.6 Å². The summed E-state index contributed by atoms with van der Waals surface area (Å²) in [5, 5.41) is 9.17. The Morgan fingerprint density at radius 1 is 1.35 bits per heavy atom. The number of morpholine rings is 1. The Morgan fingerprint density at radius 2 is 2.08 bits per heavy atom. The van der Waals surface area contributed by atoms with Gasteiger partial charge < -0.3 is 20.3 Å². The van der Waals surface area contributed by atoms with Crippen molar-refractivity contribution in [1.29, 1.82) is 0 Å². The third-order valence-corrected chi connectivity index (χ3v) is 5.50. The van der Waals surface area contributed by atoms with Crippen LogP contribution in [-0.4, -0.2) is 82.8 Å². The maximum atomic E-state index is 5.52. The van der Waals surface area contributed by atoms with Gasteiger partial charge in [0.05, 0.1) is 19.3 Å². The average Bonchev–Trinajstić information content (AvgIpc) is 3.12. The second-order valence-corrected chi connectivity index (χ2v) is 8.87. The third kappa shape index (κ3) is 6.87. The van der Waals surface area contributed by atoms with E-state index in [1.54, 1.807) is 0 Å². The van der Waals surface area contributed by atoms with E-state index in [2.05, 4.69) is 70.9 Å². The van der Waals surface area contributed by atoms with Gasteiger partial charge >= 0.3 is 0 Å². The molecule has 1 aliphatic heterocycles. The molecule has 2 rings (SSSR count). The smallest absolute Gasteiger partial charge is 0.191 e. The van der Waals surface area contributed by atoms with E-state index in [9.17, 15) is 0 Å². The second-order valence-electron chi connectivity index (χ2n) is 7.89. The van der Waals surface area contributed by atoms with Crippen LogP contribution in [0.5, 0.6) is 0 Å². The summed E-state index contributed by atoms with van der Waals surface area (Å²) in [6.07, 6.45) is 0. The van der Waals surface area contributed by atoms with Gasteiger partial charge in [-0.15, -0.1) is 11.3 Å². The monoisotopic (exact) mass is 381 g/mol. The SMILES string of the molecule is CN=C(NCC(c1cccs1)N1CCOCC1)NCC(C)(C)CN(C)C. The average molecular weight is 382 g/mol. The van der Waals surface area contributed by atoms with Crippen molar-refractivity contribution in [3.05, 3.63) is 22.4 Å². The van der Waals surface area contributed by atoms with Crippen molar-refractivity contribution in [2.24, 2.45) is 10.4 Å². The van der Waals surface area contributed by atoms with Gasteiger partial charge in [0.1, 0.15) is 0 Å². The van der Waals surface area contributed by atoms with Crippen LogP contribution in [0.4, 0.5) is 0 Å². The Balaban J connectivity index is 1.91. The second kappa shape index (κ2) is 10.3. The molecule has 1 atom stereocenters. The summed E-state index contributed by atoms with van der Waals surface area (Å²) in [6.45, 7) is 10.9. The summed E-state index contributed by atoms with van der Waals surface area (Å²) in [7, 11) is 6.06. The highest BCUT2D eigenvalue weighted by Gasteiger charge is 2.24. The molecular weight excluding hydrogens is 346 g/mol. The van der Waals surface area contributed by atoms with Crippen molar-refractivity contribution >= 4 is 17.3 Å². The molecule has 2 N–H and O–H groups in total. The number of ether oxygens (including phenoxy) is 1. The molecule has 0 bridgehead atoms. The number of nitrogens with one attached hydrogen (secondary N) is 2. The van der Waals surface area contributed by atoms with Gasteiger partial charge in [-0.3, -0.25) is 9.89 Å². The molecule has 7 heteroatoms. The van der Waals surface area contributed by atoms with Gasteiger partial charge in [0.2, 0.25) is 0 Å². The fourth-order valence-electron chi connectivity index (χ4n) is 3.43. The van der Waals surface area contributed by atoms with Crippen LogP contribution in [0.15, 0.2) is 22.5 Å². The highest BCUT2D eigenvalue weighted by atomic mass is 32.1. The third-order valence-electron chi connectivity index (χ3n) is 4.52. The minimum Gasteiger partial charge on any atom is -0.379 e. The Kier molecular flexibility index (Phi) is 8.34. The molecule has 26 heavy (non-hydrogen) atoms. The molecule has 1 saturated heterocycles. The first-order valence-corrected chi connectivity index (χ1v) is 10.2. The van der Waals surface area contributed by atoms with Gasteiger partial charge in [0.15, 0.2) is 5.96 Å². The molecule has 148 valence electrons. The normalized spacial score (nSPS) is 18.2. The topological polar surface area (TPSA) is 52.1 Å². The van der Waals surface area contributed by atoms with Crippen molar-refractivity contribution in [3.63, 3.8) is 0 Å². The van der Waals surface area contributed by atoms with E-state index in [0.29, 0.717) is 6.04 Å². The van der Waals surface area contributed by atoms with Crippen LogP contribution in [0.3, 0.4) is 0 Å². The van der Waals surface area contributed by atoms with Crippen LogP contribution in [-0.2, 0) is 4.74 Å². The van der Waals surface area contributed by atoms with E-state index < -0.39 is 0 Å². The van der Waals surface area contributed by atoms with Crippen molar-refractivity contribution in [2.45, 2.75) is 19.9 Å². The fraction of sp³-hybridized carbons (Fsp3) is 0.737. The summed E-state index contributed by atoms with van der Waals surface area (Å²) in [4.78, 5) is 10.5. The lowest BCUT2D eigenvalue weighted by Crippen LogP contribution is -2.48. The molecule has 0 spiro atoms. The van der Waals surface area contributed by atoms with Crippen LogP contribution in [0.2, 0.25) is 0 Å². The van der Waals surface area contributed by atoms with Crippen LogP contribution in [0.1, 0.15) is 24.8 Å². The van der Waals surface area contributed by atoms with Crippen molar-refractivity contribution < 1.29 is 4.74 Å². The number of rotatable bonds is 8. The van der Waals surface area contributed by atoms with Gasteiger partial charge in [-0.2, -0.15) is 0 Å². The Labute approximate surface area is 162 Å². The quantitative estimate of drug-likeness (QED) is 0.532. The van der Waals surface area contributed by atoms with E-state index in [1.807, 2.05) is 18.4 Å². The minimum absolute atomic E-state index is 0.179. The van der Waals surface area contributed by atoms with Gasteiger partial charge in [0.25, 0.3) is 0 Å². The van der Waals surface area contributed by atoms with Crippen molar-refractivity contribution in [1.82, 2.24) is 20.4 Å². The number of hydrogen-bond acceptors (Lipinski definition) is 5. The van der Waals surface area contributed by atoms with E-state index >= 15 is 0 Å². The predicted molar refractivity (Wildman–Crippen MR) is 111 cm³/mol.